The third-order valence-electron chi connectivity index (χ3n) is 1.35. The number of rotatable bonds is 2. The zero-order chi connectivity index (χ0) is 10.7. The first-order chi connectivity index (χ1) is 6.50. The van der Waals surface area contributed by atoms with Crippen molar-refractivity contribution in [3.63, 3.8) is 0 Å². The summed E-state index contributed by atoms with van der Waals surface area (Å²) in [5, 5.41) is 2.01. The highest BCUT2D eigenvalue weighted by molar-refractivity contribution is 6.34. The molecule has 1 N–H and O–H groups in total. The highest BCUT2D eigenvalue weighted by Gasteiger charge is 2.12. The van der Waals surface area contributed by atoms with Gasteiger partial charge in [0.2, 0.25) is 0 Å². The number of nitrogens with one attached hydrogen (secondary N) is 1. The number of aromatic nitrogens is 1. The summed E-state index contributed by atoms with van der Waals surface area (Å²) in [5.74, 6) is -0.387. The number of amides is 1. The molecular formula is C8H9Cl2N3O. The summed E-state index contributed by atoms with van der Waals surface area (Å²) in [5.41, 5.74) is 2.63. The summed E-state index contributed by atoms with van der Waals surface area (Å²) in [7, 11) is 3.38. The molecule has 4 nitrogen and oxygen atoms in total. The van der Waals surface area contributed by atoms with Gasteiger partial charge in [-0.3, -0.25) is 10.2 Å². The topological polar surface area (TPSA) is 45.2 Å². The average Bonchev–Trinajstić information content (AvgIpc) is 2.08. The fourth-order valence-electron chi connectivity index (χ4n) is 0.834. The third-order valence-corrected chi connectivity index (χ3v) is 1.87. The fourth-order valence-corrected chi connectivity index (χ4v) is 1.17. The van der Waals surface area contributed by atoms with Gasteiger partial charge in [-0.1, -0.05) is 23.2 Å². The molecule has 1 aromatic rings. The standard InChI is InChI=1S/C8H9Cl2N3O/c1-13(2)12-8(14)7-5(9)3-4-6(10)11-7/h3-4H,1-2H3,(H,12,14). The lowest BCUT2D eigenvalue weighted by atomic mass is 10.3. The number of carbonyl (C=O) groups excluding carboxylic acids is 1. The van der Waals surface area contributed by atoms with Crippen LogP contribution in [0.5, 0.6) is 0 Å². The largest absolute Gasteiger partial charge is 0.285 e. The molecule has 0 aliphatic carbocycles. The second-order valence-electron chi connectivity index (χ2n) is 2.80. The van der Waals surface area contributed by atoms with Gasteiger partial charge < -0.3 is 0 Å². The number of halogens is 2. The molecular weight excluding hydrogens is 225 g/mol. The lowest BCUT2D eigenvalue weighted by Crippen LogP contribution is -2.36. The minimum absolute atomic E-state index is 0.118. The quantitative estimate of drug-likeness (QED) is 0.624. The van der Waals surface area contributed by atoms with Crippen molar-refractivity contribution in [1.82, 2.24) is 15.4 Å². The number of nitrogens with zero attached hydrogens (tertiary/aromatic N) is 2. The van der Waals surface area contributed by atoms with E-state index in [1.54, 1.807) is 14.1 Å². The molecule has 1 heterocycles. The van der Waals surface area contributed by atoms with E-state index in [0.717, 1.165) is 0 Å². The molecule has 0 radical (unpaired) electrons. The van der Waals surface area contributed by atoms with E-state index in [4.69, 9.17) is 23.2 Å². The molecule has 0 aliphatic heterocycles. The summed E-state index contributed by atoms with van der Waals surface area (Å²) < 4.78 is 0. The minimum Gasteiger partial charge on any atom is -0.284 e. The molecule has 1 aromatic heterocycles. The summed E-state index contributed by atoms with van der Waals surface area (Å²) in [6, 6.07) is 3.05. The van der Waals surface area contributed by atoms with Crippen LogP contribution in [-0.2, 0) is 0 Å². The van der Waals surface area contributed by atoms with Crippen LogP contribution < -0.4 is 5.43 Å². The van der Waals surface area contributed by atoms with E-state index in [1.165, 1.54) is 17.1 Å². The second kappa shape index (κ2) is 4.59. The normalized spacial score (nSPS) is 10.4. The predicted molar refractivity (Wildman–Crippen MR) is 55.4 cm³/mol. The number of hydrogen-bond acceptors (Lipinski definition) is 3. The molecule has 14 heavy (non-hydrogen) atoms. The van der Waals surface area contributed by atoms with Gasteiger partial charge >= 0.3 is 0 Å². The highest BCUT2D eigenvalue weighted by atomic mass is 35.5. The number of pyridine rings is 1. The summed E-state index contributed by atoms with van der Waals surface area (Å²) >= 11 is 11.4. The first-order valence-corrected chi connectivity index (χ1v) is 4.56. The van der Waals surface area contributed by atoms with Crippen molar-refractivity contribution >= 4 is 29.1 Å². The van der Waals surface area contributed by atoms with Crippen molar-refractivity contribution in [2.24, 2.45) is 0 Å². The maximum absolute atomic E-state index is 11.5. The molecule has 0 unspecified atom stereocenters. The van der Waals surface area contributed by atoms with Gasteiger partial charge in [0.05, 0.1) is 5.02 Å². The molecule has 1 amide bonds. The molecule has 0 aromatic carbocycles. The smallest absolute Gasteiger partial charge is 0.284 e. The van der Waals surface area contributed by atoms with E-state index in [1.807, 2.05) is 0 Å². The van der Waals surface area contributed by atoms with E-state index in [-0.39, 0.29) is 21.8 Å². The second-order valence-corrected chi connectivity index (χ2v) is 3.59. The van der Waals surface area contributed by atoms with Crippen molar-refractivity contribution in [2.75, 3.05) is 14.1 Å². The van der Waals surface area contributed by atoms with Crippen LogP contribution in [0.4, 0.5) is 0 Å². The summed E-state index contributed by atoms with van der Waals surface area (Å²) in [4.78, 5) is 15.3. The lowest BCUT2D eigenvalue weighted by Gasteiger charge is -2.11. The van der Waals surface area contributed by atoms with Crippen LogP contribution in [0.1, 0.15) is 10.5 Å². The highest BCUT2D eigenvalue weighted by Crippen LogP contribution is 2.16. The van der Waals surface area contributed by atoms with Crippen LogP contribution >= 0.6 is 23.2 Å². The number of carbonyl (C=O) groups is 1. The molecule has 1 rings (SSSR count). The SMILES string of the molecule is CN(C)NC(=O)c1nc(Cl)ccc1Cl. The Bertz CT molecular complexity index is 354. The van der Waals surface area contributed by atoms with Crippen LogP contribution in [-0.4, -0.2) is 30.0 Å². The van der Waals surface area contributed by atoms with E-state index >= 15 is 0 Å². The predicted octanol–water partition coefficient (Wildman–Crippen LogP) is 1.59. The monoisotopic (exact) mass is 233 g/mol. The maximum atomic E-state index is 11.5. The summed E-state index contributed by atoms with van der Waals surface area (Å²) in [6.45, 7) is 0. The number of hydrogen-bond donors (Lipinski definition) is 1. The van der Waals surface area contributed by atoms with Gasteiger partial charge in [-0.2, -0.15) is 0 Å². The van der Waals surface area contributed by atoms with Crippen molar-refractivity contribution in [1.29, 1.82) is 0 Å². The Hall–Kier alpha value is -0.840. The van der Waals surface area contributed by atoms with Gasteiger partial charge in [-0.15, -0.1) is 0 Å². The molecule has 0 fully saturated rings. The Labute approximate surface area is 91.8 Å². The van der Waals surface area contributed by atoms with Crippen LogP contribution in [0.3, 0.4) is 0 Å². The maximum Gasteiger partial charge on any atom is 0.285 e. The van der Waals surface area contributed by atoms with Crippen LogP contribution in [0.2, 0.25) is 10.2 Å². The van der Waals surface area contributed by atoms with Gasteiger partial charge in [-0.05, 0) is 12.1 Å². The molecule has 76 valence electrons. The van der Waals surface area contributed by atoms with Crippen LogP contribution in [0.25, 0.3) is 0 Å². The Kier molecular flexibility index (Phi) is 3.69. The van der Waals surface area contributed by atoms with Gasteiger partial charge in [0.1, 0.15) is 10.8 Å². The first kappa shape index (κ1) is 11.2. The zero-order valence-electron chi connectivity index (χ0n) is 7.71. The van der Waals surface area contributed by atoms with Crippen molar-refractivity contribution < 1.29 is 4.79 Å². The van der Waals surface area contributed by atoms with Gasteiger partial charge in [-0.25, -0.2) is 9.99 Å². The lowest BCUT2D eigenvalue weighted by molar-refractivity contribution is 0.0852. The van der Waals surface area contributed by atoms with E-state index < -0.39 is 0 Å². The Morgan fingerprint density at radius 2 is 2.07 bits per heavy atom. The van der Waals surface area contributed by atoms with Crippen LogP contribution in [0, 0.1) is 0 Å². The number of hydrazine groups is 1. The van der Waals surface area contributed by atoms with E-state index in [2.05, 4.69) is 10.4 Å². The third kappa shape index (κ3) is 2.83. The first-order valence-electron chi connectivity index (χ1n) is 3.81. The summed E-state index contributed by atoms with van der Waals surface area (Å²) in [6.07, 6.45) is 0. The molecule has 6 heteroatoms. The van der Waals surface area contributed by atoms with Gasteiger partial charge in [0.15, 0.2) is 0 Å². The Morgan fingerprint density at radius 3 is 2.64 bits per heavy atom. The Balaban J connectivity index is 2.94. The average molecular weight is 234 g/mol. The molecule has 0 spiro atoms. The molecule has 0 saturated carbocycles. The van der Waals surface area contributed by atoms with Crippen molar-refractivity contribution in [3.8, 4) is 0 Å². The van der Waals surface area contributed by atoms with E-state index in [0.29, 0.717) is 0 Å². The minimum atomic E-state index is -0.387. The molecule has 0 atom stereocenters. The fraction of sp³-hybridized carbons (Fsp3) is 0.250. The van der Waals surface area contributed by atoms with Crippen molar-refractivity contribution in [2.45, 2.75) is 0 Å². The molecule has 0 bridgehead atoms. The van der Waals surface area contributed by atoms with Crippen molar-refractivity contribution in [3.05, 3.63) is 28.0 Å². The Morgan fingerprint density at radius 1 is 1.43 bits per heavy atom. The molecule has 0 aliphatic rings. The van der Waals surface area contributed by atoms with Crippen LogP contribution in [0.15, 0.2) is 12.1 Å². The van der Waals surface area contributed by atoms with Gasteiger partial charge in [0, 0.05) is 14.1 Å². The van der Waals surface area contributed by atoms with Gasteiger partial charge in [0.25, 0.3) is 5.91 Å². The zero-order valence-corrected chi connectivity index (χ0v) is 9.23. The van der Waals surface area contributed by atoms with E-state index in [9.17, 15) is 4.79 Å². The molecule has 0 saturated heterocycles.